The van der Waals surface area contributed by atoms with Gasteiger partial charge in [0.25, 0.3) is 0 Å². The molecule has 1 aromatic carbocycles. The first kappa shape index (κ1) is 12.3. The lowest BCUT2D eigenvalue weighted by molar-refractivity contribution is 0.527. The van der Waals surface area contributed by atoms with Gasteiger partial charge in [0.1, 0.15) is 0 Å². The third-order valence-electron chi connectivity index (χ3n) is 3.09. The molecule has 1 saturated heterocycles. The number of piperazine rings is 1. The SMILES string of the molecule is O=c1[nH]nc(-c2ccc(Cl)c(N3CCNCC3)c2)o1. The molecule has 1 aliphatic rings. The molecule has 0 amide bonds. The molecule has 0 atom stereocenters. The highest BCUT2D eigenvalue weighted by molar-refractivity contribution is 6.33. The van der Waals surface area contributed by atoms with Gasteiger partial charge >= 0.3 is 5.76 Å². The fourth-order valence-electron chi connectivity index (χ4n) is 2.15. The van der Waals surface area contributed by atoms with Gasteiger partial charge in [0.2, 0.25) is 5.89 Å². The number of rotatable bonds is 2. The number of nitrogens with one attached hydrogen (secondary N) is 2. The standard InChI is InChI=1S/C12H13ClN4O2/c13-9-2-1-8(11-15-16-12(18)19-11)7-10(9)17-5-3-14-4-6-17/h1-2,7,14H,3-6H2,(H,16,18). The normalized spacial score (nSPS) is 15.7. The lowest BCUT2D eigenvalue weighted by Gasteiger charge is -2.30. The molecule has 0 bridgehead atoms. The predicted molar refractivity (Wildman–Crippen MR) is 72.7 cm³/mol. The Bertz CT molecular complexity index is 631. The summed E-state index contributed by atoms with van der Waals surface area (Å²) < 4.78 is 4.96. The second-order valence-corrected chi connectivity index (χ2v) is 4.73. The van der Waals surface area contributed by atoms with E-state index in [1.165, 1.54) is 0 Å². The maximum absolute atomic E-state index is 11.0. The van der Waals surface area contributed by atoms with Crippen LogP contribution < -0.4 is 16.0 Å². The zero-order chi connectivity index (χ0) is 13.2. The van der Waals surface area contributed by atoms with Crippen molar-refractivity contribution in [1.29, 1.82) is 0 Å². The zero-order valence-electron chi connectivity index (χ0n) is 10.1. The van der Waals surface area contributed by atoms with Gasteiger partial charge in [-0.3, -0.25) is 0 Å². The summed E-state index contributed by atoms with van der Waals surface area (Å²) in [6.45, 7) is 3.65. The smallest absolute Gasteiger partial charge is 0.388 e. The number of aromatic nitrogens is 2. The molecule has 0 spiro atoms. The van der Waals surface area contributed by atoms with Crippen LogP contribution in [0.25, 0.3) is 11.5 Å². The highest BCUT2D eigenvalue weighted by atomic mass is 35.5. The number of hydrogen-bond acceptors (Lipinski definition) is 5. The minimum absolute atomic E-state index is 0.276. The molecule has 0 unspecified atom stereocenters. The van der Waals surface area contributed by atoms with Crippen LogP contribution in [0.5, 0.6) is 0 Å². The molecule has 100 valence electrons. The lowest BCUT2D eigenvalue weighted by Crippen LogP contribution is -2.43. The van der Waals surface area contributed by atoms with Crippen LogP contribution in [0, 0.1) is 0 Å². The second kappa shape index (κ2) is 5.07. The first-order valence-electron chi connectivity index (χ1n) is 6.05. The van der Waals surface area contributed by atoms with Gasteiger partial charge in [-0.2, -0.15) is 0 Å². The Kier molecular flexibility index (Phi) is 3.27. The van der Waals surface area contributed by atoms with Gasteiger partial charge in [-0.1, -0.05) is 11.6 Å². The number of H-pyrrole nitrogens is 1. The van der Waals surface area contributed by atoms with Crippen LogP contribution in [0.4, 0.5) is 5.69 Å². The predicted octanol–water partition coefficient (Wildman–Crippen LogP) is 1.09. The third-order valence-corrected chi connectivity index (χ3v) is 3.41. The van der Waals surface area contributed by atoms with Gasteiger partial charge in [0.15, 0.2) is 0 Å². The van der Waals surface area contributed by atoms with Crippen molar-refractivity contribution in [2.45, 2.75) is 0 Å². The number of aromatic amines is 1. The average Bonchev–Trinajstić information content (AvgIpc) is 2.87. The molecule has 7 heteroatoms. The van der Waals surface area contributed by atoms with Crippen LogP contribution in [0.15, 0.2) is 27.4 Å². The number of halogens is 1. The Morgan fingerprint density at radius 1 is 1.32 bits per heavy atom. The molecule has 3 rings (SSSR count). The first-order valence-corrected chi connectivity index (χ1v) is 6.43. The van der Waals surface area contributed by atoms with E-state index in [0.717, 1.165) is 37.4 Å². The second-order valence-electron chi connectivity index (χ2n) is 4.32. The summed E-state index contributed by atoms with van der Waals surface area (Å²) in [5.41, 5.74) is 1.67. The van der Waals surface area contributed by atoms with E-state index >= 15 is 0 Å². The largest absolute Gasteiger partial charge is 0.434 e. The van der Waals surface area contributed by atoms with Crippen LogP contribution in [0.1, 0.15) is 0 Å². The summed E-state index contributed by atoms with van der Waals surface area (Å²) in [7, 11) is 0. The van der Waals surface area contributed by atoms with Crippen LogP contribution in [-0.2, 0) is 0 Å². The Balaban J connectivity index is 1.97. The van der Waals surface area contributed by atoms with Crippen molar-refractivity contribution in [3.05, 3.63) is 33.8 Å². The van der Waals surface area contributed by atoms with Crippen molar-refractivity contribution in [3.63, 3.8) is 0 Å². The van der Waals surface area contributed by atoms with Crippen molar-refractivity contribution in [1.82, 2.24) is 15.5 Å². The molecule has 0 aliphatic carbocycles. The van der Waals surface area contributed by atoms with E-state index in [2.05, 4.69) is 20.4 Å². The van der Waals surface area contributed by atoms with Crippen LogP contribution >= 0.6 is 11.6 Å². The van der Waals surface area contributed by atoms with Gasteiger partial charge in [0, 0.05) is 31.7 Å². The first-order chi connectivity index (χ1) is 9.24. The van der Waals surface area contributed by atoms with Crippen molar-refractivity contribution in [3.8, 4) is 11.5 Å². The van der Waals surface area contributed by atoms with Crippen LogP contribution in [-0.4, -0.2) is 36.4 Å². The monoisotopic (exact) mass is 280 g/mol. The van der Waals surface area contributed by atoms with E-state index in [4.69, 9.17) is 16.0 Å². The molecule has 2 heterocycles. The van der Waals surface area contributed by atoms with Crippen molar-refractivity contribution >= 4 is 17.3 Å². The van der Waals surface area contributed by atoms with E-state index in [1.54, 1.807) is 12.1 Å². The molecule has 2 N–H and O–H groups in total. The van der Waals surface area contributed by atoms with E-state index in [1.807, 2.05) is 6.07 Å². The van der Waals surface area contributed by atoms with Gasteiger partial charge < -0.3 is 14.6 Å². The number of hydrogen-bond donors (Lipinski definition) is 2. The van der Waals surface area contributed by atoms with Gasteiger partial charge in [-0.15, -0.1) is 5.10 Å². The Labute approximate surface area is 114 Å². The van der Waals surface area contributed by atoms with Gasteiger partial charge in [-0.05, 0) is 18.2 Å². The van der Waals surface area contributed by atoms with Crippen LogP contribution in [0.2, 0.25) is 5.02 Å². The molecule has 2 aromatic rings. The summed E-state index contributed by atoms with van der Waals surface area (Å²) in [4.78, 5) is 13.2. The zero-order valence-corrected chi connectivity index (χ0v) is 10.9. The van der Waals surface area contributed by atoms with E-state index < -0.39 is 5.76 Å². The van der Waals surface area contributed by atoms with Gasteiger partial charge in [-0.25, -0.2) is 9.89 Å². The van der Waals surface area contributed by atoms with E-state index in [0.29, 0.717) is 5.02 Å². The lowest BCUT2D eigenvalue weighted by atomic mass is 10.1. The number of benzene rings is 1. The van der Waals surface area contributed by atoms with Crippen molar-refractivity contribution in [2.75, 3.05) is 31.1 Å². The van der Waals surface area contributed by atoms with Crippen LogP contribution in [0.3, 0.4) is 0 Å². The Morgan fingerprint density at radius 3 is 2.79 bits per heavy atom. The fraction of sp³-hybridized carbons (Fsp3) is 0.333. The number of nitrogens with zero attached hydrogens (tertiary/aromatic N) is 2. The Morgan fingerprint density at radius 2 is 2.11 bits per heavy atom. The molecule has 1 aromatic heterocycles. The molecule has 1 aliphatic heterocycles. The number of anilines is 1. The van der Waals surface area contributed by atoms with Crippen molar-refractivity contribution in [2.24, 2.45) is 0 Å². The average molecular weight is 281 g/mol. The molecular weight excluding hydrogens is 268 g/mol. The minimum Gasteiger partial charge on any atom is -0.388 e. The topological polar surface area (TPSA) is 74.2 Å². The summed E-state index contributed by atoms with van der Waals surface area (Å²) >= 11 is 6.24. The quantitative estimate of drug-likeness (QED) is 0.861. The van der Waals surface area contributed by atoms with Gasteiger partial charge in [0.05, 0.1) is 10.7 Å². The summed E-state index contributed by atoms with van der Waals surface area (Å²) in [5.74, 6) is -0.285. The highest BCUT2D eigenvalue weighted by Crippen LogP contribution is 2.30. The summed E-state index contributed by atoms with van der Waals surface area (Å²) in [5, 5.41) is 10.1. The molecule has 1 fully saturated rings. The van der Waals surface area contributed by atoms with Crippen molar-refractivity contribution < 1.29 is 4.42 Å². The molecule has 0 radical (unpaired) electrons. The van der Waals surface area contributed by atoms with E-state index in [9.17, 15) is 4.79 Å². The highest BCUT2D eigenvalue weighted by Gasteiger charge is 2.15. The third kappa shape index (κ3) is 2.50. The molecule has 6 nitrogen and oxygen atoms in total. The molecule has 19 heavy (non-hydrogen) atoms. The Hall–Kier alpha value is -1.79. The summed E-state index contributed by atoms with van der Waals surface area (Å²) in [6.07, 6.45) is 0. The minimum atomic E-state index is -0.561. The molecule has 0 saturated carbocycles. The maximum Gasteiger partial charge on any atom is 0.434 e. The molecular formula is C12H13ClN4O2. The summed E-state index contributed by atoms with van der Waals surface area (Å²) in [6, 6.07) is 5.48. The maximum atomic E-state index is 11.0. The van der Waals surface area contributed by atoms with E-state index in [-0.39, 0.29) is 5.89 Å². The fourth-order valence-corrected chi connectivity index (χ4v) is 2.38.